The van der Waals surface area contributed by atoms with Gasteiger partial charge in [-0.05, 0) is 43.0 Å². The molecule has 0 spiro atoms. The van der Waals surface area contributed by atoms with Crippen LogP contribution in [0.15, 0.2) is 30.6 Å². The van der Waals surface area contributed by atoms with Gasteiger partial charge in [0.05, 0.1) is 6.20 Å². The number of aromatic nitrogens is 2. The number of fused-ring (bicyclic) bond motifs is 1. The van der Waals surface area contributed by atoms with Crippen LogP contribution in [0.1, 0.15) is 36.1 Å². The molecule has 1 heterocycles. The summed E-state index contributed by atoms with van der Waals surface area (Å²) in [5, 5.41) is 4.23. The Morgan fingerprint density at radius 3 is 3.16 bits per heavy atom. The van der Waals surface area contributed by atoms with Crippen molar-refractivity contribution < 1.29 is 4.74 Å². The molecule has 1 aromatic heterocycles. The number of nitrogens with two attached hydrogens (primary N) is 1. The fourth-order valence-corrected chi connectivity index (χ4v) is 2.54. The predicted octanol–water partition coefficient (Wildman–Crippen LogP) is 2.43. The molecule has 0 unspecified atom stereocenters. The van der Waals surface area contributed by atoms with Crippen molar-refractivity contribution in [3.8, 4) is 5.75 Å². The first-order valence-corrected chi connectivity index (χ1v) is 6.79. The number of ether oxygens (including phenoxy) is 1. The van der Waals surface area contributed by atoms with Crippen molar-refractivity contribution in [3.63, 3.8) is 0 Å². The zero-order valence-electron chi connectivity index (χ0n) is 11.2. The smallest absolute Gasteiger partial charge is 0.120 e. The fraction of sp³-hybridized carbons (Fsp3) is 0.400. The largest absolute Gasteiger partial charge is 0.489 e. The van der Waals surface area contributed by atoms with Crippen LogP contribution in [0.5, 0.6) is 5.75 Å². The molecular formula is C15H19N3O. The summed E-state index contributed by atoms with van der Waals surface area (Å²) in [6.07, 6.45) is 5.97. The Hall–Kier alpha value is -1.81. The predicted molar refractivity (Wildman–Crippen MR) is 73.9 cm³/mol. The van der Waals surface area contributed by atoms with E-state index < -0.39 is 0 Å². The zero-order chi connectivity index (χ0) is 13.2. The molecule has 1 aliphatic rings. The lowest BCUT2D eigenvalue weighted by molar-refractivity contribution is 0.306. The molecule has 2 aromatic rings. The average molecular weight is 257 g/mol. The second kappa shape index (κ2) is 5.05. The number of nitrogens with zero attached hydrogens (tertiary/aromatic N) is 2. The van der Waals surface area contributed by atoms with Crippen molar-refractivity contribution >= 4 is 0 Å². The molecule has 100 valence electrons. The van der Waals surface area contributed by atoms with Gasteiger partial charge in [0.2, 0.25) is 0 Å². The quantitative estimate of drug-likeness (QED) is 0.915. The minimum absolute atomic E-state index is 0.201. The first kappa shape index (κ1) is 12.2. The van der Waals surface area contributed by atoms with Gasteiger partial charge in [-0.2, -0.15) is 5.10 Å². The van der Waals surface area contributed by atoms with Gasteiger partial charge in [-0.3, -0.25) is 4.68 Å². The van der Waals surface area contributed by atoms with Crippen LogP contribution in [-0.2, 0) is 19.6 Å². The van der Waals surface area contributed by atoms with E-state index in [1.54, 1.807) is 0 Å². The van der Waals surface area contributed by atoms with E-state index >= 15 is 0 Å². The van der Waals surface area contributed by atoms with Crippen LogP contribution in [0, 0.1) is 0 Å². The third-order valence-electron chi connectivity index (χ3n) is 3.65. The molecule has 1 aromatic carbocycles. The molecule has 19 heavy (non-hydrogen) atoms. The van der Waals surface area contributed by atoms with Crippen LogP contribution in [0.2, 0.25) is 0 Å². The molecule has 0 fully saturated rings. The maximum atomic E-state index is 6.03. The van der Waals surface area contributed by atoms with E-state index in [4.69, 9.17) is 10.5 Å². The monoisotopic (exact) mass is 257 g/mol. The maximum Gasteiger partial charge on any atom is 0.120 e. The van der Waals surface area contributed by atoms with Crippen LogP contribution in [-0.4, -0.2) is 9.78 Å². The number of hydrogen-bond donors (Lipinski definition) is 1. The molecule has 1 atom stereocenters. The Balaban J connectivity index is 1.67. The molecule has 0 amide bonds. The minimum atomic E-state index is 0.201. The minimum Gasteiger partial charge on any atom is -0.489 e. The summed E-state index contributed by atoms with van der Waals surface area (Å²) >= 11 is 0. The second-order valence-electron chi connectivity index (χ2n) is 5.00. The third-order valence-corrected chi connectivity index (χ3v) is 3.65. The van der Waals surface area contributed by atoms with Crippen LogP contribution in [0.4, 0.5) is 0 Å². The normalized spacial score (nSPS) is 17.5. The van der Waals surface area contributed by atoms with Crippen LogP contribution in [0.25, 0.3) is 0 Å². The zero-order valence-corrected chi connectivity index (χ0v) is 11.2. The third kappa shape index (κ3) is 2.49. The highest BCUT2D eigenvalue weighted by Crippen LogP contribution is 2.31. The SMILES string of the molecule is CCn1cc(COc2ccc3c(c2)CC[C@@H]3N)cn1. The first-order valence-electron chi connectivity index (χ1n) is 6.79. The van der Waals surface area contributed by atoms with E-state index in [1.165, 1.54) is 11.1 Å². The Morgan fingerprint density at radius 1 is 1.47 bits per heavy atom. The summed E-state index contributed by atoms with van der Waals surface area (Å²) in [4.78, 5) is 0. The van der Waals surface area contributed by atoms with Gasteiger partial charge in [0.1, 0.15) is 12.4 Å². The molecule has 3 rings (SSSR count). The highest BCUT2D eigenvalue weighted by atomic mass is 16.5. The van der Waals surface area contributed by atoms with Crippen molar-refractivity contribution in [2.45, 2.75) is 39.0 Å². The number of aryl methyl sites for hydroxylation is 2. The number of hydrogen-bond acceptors (Lipinski definition) is 3. The maximum absolute atomic E-state index is 6.03. The van der Waals surface area contributed by atoms with Gasteiger partial charge in [-0.25, -0.2) is 0 Å². The van der Waals surface area contributed by atoms with Gasteiger partial charge in [0, 0.05) is 24.3 Å². The van der Waals surface area contributed by atoms with Crippen molar-refractivity contribution in [1.29, 1.82) is 0 Å². The van der Waals surface area contributed by atoms with Gasteiger partial charge in [0.15, 0.2) is 0 Å². The van der Waals surface area contributed by atoms with E-state index in [0.29, 0.717) is 6.61 Å². The van der Waals surface area contributed by atoms with E-state index in [-0.39, 0.29) is 6.04 Å². The molecule has 0 saturated heterocycles. The topological polar surface area (TPSA) is 53.1 Å². The standard InChI is InChI=1S/C15H19N3O/c1-2-18-9-11(8-17-18)10-19-13-4-5-14-12(7-13)3-6-15(14)16/h4-5,7-9,15H,2-3,6,10,16H2,1H3/t15-/m0/s1. The number of rotatable bonds is 4. The molecule has 0 radical (unpaired) electrons. The van der Waals surface area contributed by atoms with E-state index in [0.717, 1.165) is 30.7 Å². The van der Waals surface area contributed by atoms with Crippen LogP contribution < -0.4 is 10.5 Å². The van der Waals surface area contributed by atoms with Crippen molar-refractivity contribution in [2.24, 2.45) is 5.73 Å². The molecule has 1 aliphatic carbocycles. The second-order valence-corrected chi connectivity index (χ2v) is 5.00. The molecule has 2 N–H and O–H groups in total. The first-order chi connectivity index (χ1) is 9.26. The van der Waals surface area contributed by atoms with E-state index in [2.05, 4.69) is 24.2 Å². The summed E-state index contributed by atoms with van der Waals surface area (Å²) < 4.78 is 7.72. The Bertz CT molecular complexity index is 577. The Labute approximate surface area is 113 Å². The fourth-order valence-electron chi connectivity index (χ4n) is 2.54. The van der Waals surface area contributed by atoms with E-state index in [1.807, 2.05) is 23.1 Å². The lowest BCUT2D eigenvalue weighted by Gasteiger charge is -2.08. The lowest BCUT2D eigenvalue weighted by Crippen LogP contribution is -2.05. The van der Waals surface area contributed by atoms with Crippen molar-refractivity contribution in [1.82, 2.24) is 9.78 Å². The Kier molecular flexibility index (Phi) is 3.25. The summed E-state index contributed by atoms with van der Waals surface area (Å²) in [5.41, 5.74) is 9.72. The summed E-state index contributed by atoms with van der Waals surface area (Å²) in [5.74, 6) is 0.914. The molecule has 0 saturated carbocycles. The van der Waals surface area contributed by atoms with Gasteiger partial charge < -0.3 is 10.5 Å². The highest BCUT2D eigenvalue weighted by molar-refractivity contribution is 5.40. The summed E-state index contributed by atoms with van der Waals surface area (Å²) in [6.45, 7) is 3.52. The molecule has 4 nitrogen and oxygen atoms in total. The summed E-state index contributed by atoms with van der Waals surface area (Å²) in [6, 6.07) is 6.42. The highest BCUT2D eigenvalue weighted by Gasteiger charge is 2.19. The average Bonchev–Trinajstić information content (AvgIpc) is 3.03. The van der Waals surface area contributed by atoms with Gasteiger partial charge in [-0.1, -0.05) is 6.07 Å². The lowest BCUT2D eigenvalue weighted by atomic mass is 10.1. The van der Waals surface area contributed by atoms with Crippen LogP contribution in [0.3, 0.4) is 0 Å². The molecular weight excluding hydrogens is 238 g/mol. The number of benzene rings is 1. The molecule has 4 heteroatoms. The van der Waals surface area contributed by atoms with Gasteiger partial charge in [0.25, 0.3) is 0 Å². The Morgan fingerprint density at radius 2 is 2.37 bits per heavy atom. The van der Waals surface area contributed by atoms with Gasteiger partial charge in [-0.15, -0.1) is 0 Å². The molecule has 0 aliphatic heterocycles. The van der Waals surface area contributed by atoms with Crippen molar-refractivity contribution in [3.05, 3.63) is 47.3 Å². The van der Waals surface area contributed by atoms with Gasteiger partial charge >= 0.3 is 0 Å². The molecule has 0 bridgehead atoms. The van der Waals surface area contributed by atoms with E-state index in [9.17, 15) is 0 Å². The summed E-state index contributed by atoms with van der Waals surface area (Å²) in [7, 11) is 0. The van der Waals surface area contributed by atoms with Crippen LogP contribution >= 0.6 is 0 Å². The van der Waals surface area contributed by atoms with Crippen molar-refractivity contribution in [2.75, 3.05) is 0 Å².